The van der Waals surface area contributed by atoms with Gasteiger partial charge < -0.3 is 10.2 Å². The highest BCUT2D eigenvalue weighted by atomic mass is 19.3. The Hall–Kier alpha value is -0.900. The summed E-state index contributed by atoms with van der Waals surface area (Å²) in [5.41, 5.74) is 5.47. The summed E-state index contributed by atoms with van der Waals surface area (Å²) in [6.45, 7) is 2.78. The third kappa shape index (κ3) is 2.52. The molecule has 0 spiro atoms. The predicted octanol–water partition coefficient (Wildman–Crippen LogP) is 2.03. The smallest absolute Gasteiger partial charge is 0.264 e. The second-order valence-corrected chi connectivity index (χ2v) is 3.18. The Balaban J connectivity index is 2.79. The van der Waals surface area contributed by atoms with Crippen molar-refractivity contribution in [1.82, 2.24) is 0 Å². The topological polar surface area (TPSA) is 39.2 Å². The van der Waals surface area contributed by atoms with Gasteiger partial charge in [0.2, 0.25) is 0 Å². The van der Waals surface area contributed by atoms with Crippen molar-refractivity contribution in [3.8, 4) is 0 Å². The van der Waals surface area contributed by atoms with Crippen LogP contribution in [0.5, 0.6) is 0 Å². The number of alkyl halides is 2. The number of hydrogen-bond acceptors (Lipinski definition) is 2. The fourth-order valence-corrected chi connectivity index (χ4v) is 1.21. The van der Waals surface area contributed by atoms with E-state index in [1.54, 1.807) is 19.9 Å². The van der Waals surface area contributed by atoms with Crippen LogP contribution >= 0.6 is 0 Å². The molecule has 2 N–H and O–H groups in total. The standard InChI is InChI=1S/C9H13F2NO/c1-6-3-8(7(2)13-6)4-9(10,11)5-12/h3H,4-5,12H2,1-2H3. The average Bonchev–Trinajstić information content (AvgIpc) is 2.30. The van der Waals surface area contributed by atoms with Crippen LogP contribution in [-0.4, -0.2) is 12.5 Å². The first-order chi connectivity index (χ1) is 5.94. The first kappa shape index (κ1) is 10.2. The van der Waals surface area contributed by atoms with Gasteiger partial charge in [0.25, 0.3) is 5.92 Å². The maximum absolute atomic E-state index is 12.9. The molecule has 4 heteroatoms. The Morgan fingerprint density at radius 3 is 2.46 bits per heavy atom. The molecule has 0 unspecified atom stereocenters. The second kappa shape index (κ2) is 3.46. The summed E-state index contributed by atoms with van der Waals surface area (Å²) in [4.78, 5) is 0. The summed E-state index contributed by atoms with van der Waals surface area (Å²) in [5, 5.41) is 0. The molecule has 0 amide bonds. The lowest BCUT2D eigenvalue weighted by molar-refractivity contribution is 0.0111. The summed E-state index contributed by atoms with van der Waals surface area (Å²) in [5.74, 6) is -1.63. The molecule has 1 aromatic heterocycles. The van der Waals surface area contributed by atoms with Gasteiger partial charge in [0.05, 0.1) is 6.54 Å². The summed E-state index contributed by atoms with van der Waals surface area (Å²) in [6, 6.07) is 1.62. The van der Waals surface area contributed by atoms with Crippen LogP contribution in [-0.2, 0) is 6.42 Å². The molecule has 0 aliphatic heterocycles. The molecular formula is C9H13F2NO. The lowest BCUT2D eigenvalue weighted by Gasteiger charge is -2.12. The Morgan fingerprint density at radius 2 is 2.08 bits per heavy atom. The van der Waals surface area contributed by atoms with Crippen LogP contribution in [0.25, 0.3) is 0 Å². The third-order valence-corrected chi connectivity index (χ3v) is 1.89. The van der Waals surface area contributed by atoms with Gasteiger partial charge in [-0.15, -0.1) is 0 Å². The molecular weight excluding hydrogens is 176 g/mol. The largest absolute Gasteiger partial charge is 0.466 e. The van der Waals surface area contributed by atoms with E-state index in [4.69, 9.17) is 10.2 Å². The highest BCUT2D eigenvalue weighted by Crippen LogP contribution is 2.23. The van der Waals surface area contributed by atoms with Crippen molar-refractivity contribution in [3.05, 3.63) is 23.2 Å². The number of nitrogens with two attached hydrogens (primary N) is 1. The van der Waals surface area contributed by atoms with Crippen molar-refractivity contribution in [3.63, 3.8) is 0 Å². The van der Waals surface area contributed by atoms with E-state index in [1.807, 2.05) is 0 Å². The van der Waals surface area contributed by atoms with Crippen molar-refractivity contribution in [2.75, 3.05) is 6.54 Å². The Morgan fingerprint density at radius 1 is 1.46 bits per heavy atom. The van der Waals surface area contributed by atoms with Gasteiger partial charge in [0, 0.05) is 6.42 Å². The molecule has 13 heavy (non-hydrogen) atoms. The summed E-state index contributed by atoms with van der Waals surface area (Å²) < 4.78 is 30.9. The van der Waals surface area contributed by atoms with Crippen LogP contribution in [0.15, 0.2) is 10.5 Å². The van der Waals surface area contributed by atoms with Crippen molar-refractivity contribution >= 4 is 0 Å². The Labute approximate surface area is 75.7 Å². The van der Waals surface area contributed by atoms with Gasteiger partial charge in [-0.2, -0.15) is 0 Å². The molecule has 0 fully saturated rings. The van der Waals surface area contributed by atoms with Crippen LogP contribution in [0.2, 0.25) is 0 Å². The molecule has 0 aromatic carbocycles. The summed E-state index contributed by atoms with van der Waals surface area (Å²) >= 11 is 0. The van der Waals surface area contributed by atoms with Crippen LogP contribution in [0.3, 0.4) is 0 Å². The molecule has 2 nitrogen and oxygen atoms in total. The van der Waals surface area contributed by atoms with Gasteiger partial charge in [0.15, 0.2) is 0 Å². The van der Waals surface area contributed by atoms with E-state index in [1.165, 1.54) is 0 Å². The van der Waals surface area contributed by atoms with E-state index < -0.39 is 12.5 Å². The highest BCUT2D eigenvalue weighted by molar-refractivity contribution is 5.21. The van der Waals surface area contributed by atoms with Crippen LogP contribution in [0.1, 0.15) is 17.1 Å². The van der Waals surface area contributed by atoms with Gasteiger partial charge >= 0.3 is 0 Å². The van der Waals surface area contributed by atoms with E-state index in [0.717, 1.165) is 0 Å². The van der Waals surface area contributed by atoms with Crippen LogP contribution in [0.4, 0.5) is 8.78 Å². The maximum Gasteiger partial charge on any atom is 0.264 e. The molecule has 1 aromatic rings. The Bertz CT molecular complexity index is 294. The van der Waals surface area contributed by atoms with Crippen molar-refractivity contribution in [2.45, 2.75) is 26.2 Å². The van der Waals surface area contributed by atoms with Gasteiger partial charge in [-0.3, -0.25) is 0 Å². The molecule has 0 saturated heterocycles. The zero-order valence-corrected chi connectivity index (χ0v) is 7.73. The van der Waals surface area contributed by atoms with Gasteiger partial charge in [-0.1, -0.05) is 0 Å². The highest BCUT2D eigenvalue weighted by Gasteiger charge is 2.28. The van der Waals surface area contributed by atoms with E-state index >= 15 is 0 Å². The monoisotopic (exact) mass is 189 g/mol. The fourth-order valence-electron chi connectivity index (χ4n) is 1.21. The minimum absolute atomic E-state index is 0.341. The molecule has 0 bridgehead atoms. The molecule has 0 radical (unpaired) electrons. The zero-order valence-electron chi connectivity index (χ0n) is 7.73. The summed E-state index contributed by atoms with van der Waals surface area (Å²) in [6.07, 6.45) is -0.341. The first-order valence-electron chi connectivity index (χ1n) is 4.08. The normalized spacial score (nSPS) is 12.1. The second-order valence-electron chi connectivity index (χ2n) is 3.18. The quantitative estimate of drug-likeness (QED) is 0.790. The molecule has 0 saturated carbocycles. The summed E-state index contributed by atoms with van der Waals surface area (Å²) in [7, 11) is 0. The minimum Gasteiger partial charge on any atom is -0.466 e. The van der Waals surface area contributed by atoms with E-state index in [0.29, 0.717) is 17.1 Å². The molecule has 1 rings (SSSR count). The van der Waals surface area contributed by atoms with Crippen LogP contribution in [0, 0.1) is 13.8 Å². The molecule has 0 aliphatic carbocycles. The first-order valence-corrected chi connectivity index (χ1v) is 4.08. The SMILES string of the molecule is Cc1cc(CC(F)(F)CN)c(C)o1. The average molecular weight is 189 g/mol. The molecule has 1 heterocycles. The van der Waals surface area contributed by atoms with E-state index in [2.05, 4.69) is 0 Å². The molecule has 0 atom stereocenters. The van der Waals surface area contributed by atoms with Gasteiger partial charge in [-0.25, -0.2) is 8.78 Å². The van der Waals surface area contributed by atoms with Crippen molar-refractivity contribution < 1.29 is 13.2 Å². The van der Waals surface area contributed by atoms with Crippen molar-refractivity contribution in [1.29, 1.82) is 0 Å². The number of hydrogen-bond donors (Lipinski definition) is 1. The predicted molar refractivity (Wildman–Crippen MR) is 45.9 cm³/mol. The number of aryl methyl sites for hydroxylation is 2. The number of halogens is 2. The third-order valence-electron chi connectivity index (χ3n) is 1.89. The zero-order chi connectivity index (χ0) is 10.1. The molecule has 0 aliphatic rings. The maximum atomic E-state index is 12.9. The molecule has 74 valence electrons. The van der Waals surface area contributed by atoms with Crippen molar-refractivity contribution in [2.24, 2.45) is 5.73 Å². The number of rotatable bonds is 3. The fraction of sp³-hybridized carbons (Fsp3) is 0.556. The van der Waals surface area contributed by atoms with E-state index in [-0.39, 0.29) is 6.42 Å². The minimum atomic E-state index is -2.83. The van der Waals surface area contributed by atoms with Gasteiger partial charge in [-0.05, 0) is 25.5 Å². The van der Waals surface area contributed by atoms with Gasteiger partial charge in [0.1, 0.15) is 11.5 Å². The lowest BCUT2D eigenvalue weighted by Crippen LogP contribution is -2.30. The lowest BCUT2D eigenvalue weighted by atomic mass is 10.1. The number of furan rings is 1. The Kier molecular flexibility index (Phi) is 2.71. The van der Waals surface area contributed by atoms with E-state index in [9.17, 15) is 8.78 Å². The van der Waals surface area contributed by atoms with Crippen LogP contribution < -0.4 is 5.73 Å².